The summed E-state index contributed by atoms with van der Waals surface area (Å²) in [5, 5.41) is 11.9. The maximum atomic E-state index is 13.0. The number of hydrogen-bond acceptors (Lipinski definition) is 4. The van der Waals surface area contributed by atoms with Gasteiger partial charge in [-0.1, -0.05) is 6.07 Å². The quantitative estimate of drug-likeness (QED) is 0.836. The van der Waals surface area contributed by atoms with Crippen LogP contribution >= 0.6 is 0 Å². The van der Waals surface area contributed by atoms with Crippen LogP contribution in [0.5, 0.6) is 5.75 Å². The molecule has 2 aromatic rings. The molecule has 0 saturated carbocycles. The van der Waals surface area contributed by atoms with E-state index in [1.807, 2.05) is 0 Å². The van der Waals surface area contributed by atoms with Crippen molar-refractivity contribution in [2.75, 3.05) is 14.2 Å². The Morgan fingerprint density at radius 1 is 1.28 bits per heavy atom. The molecule has 2 N–H and O–H groups in total. The standard InChI is InChI=1S/C17H16F2N2O4/c1-20-15(22)6-9-3-4-10(17(23)24)11(5-9)12-7-13(16(18)19)21-8-14(12)25-2/h3-5,7-8,16H,6H2,1-2H3,(H,20,22)(H,23,24). The summed E-state index contributed by atoms with van der Waals surface area (Å²) in [7, 11) is 2.81. The van der Waals surface area contributed by atoms with E-state index in [4.69, 9.17) is 4.74 Å². The Balaban J connectivity index is 2.66. The number of likely N-dealkylation sites (N-methyl/N-ethyl adjacent to an activating group) is 1. The number of carboxylic acid groups (broad SMARTS) is 1. The van der Waals surface area contributed by atoms with Gasteiger partial charge in [-0.3, -0.25) is 9.78 Å². The number of aromatic nitrogens is 1. The molecule has 2 rings (SSSR count). The van der Waals surface area contributed by atoms with Crippen LogP contribution in [-0.2, 0) is 11.2 Å². The predicted molar refractivity (Wildman–Crippen MR) is 85.9 cm³/mol. The zero-order valence-electron chi connectivity index (χ0n) is 13.5. The molecule has 0 unspecified atom stereocenters. The molecular weight excluding hydrogens is 334 g/mol. The zero-order valence-corrected chi connectivity index (χ0v) is 13.5. The molecule has 25 heavy (non-hydrogen) atoms. The Bertz CT molecular complexity index is 809. The van der Waals surface area contributed by atoms with E-state index >= 15 is 0 Å². The van der Waals surface area contributed by atoms with Crippen LogP contribution in [0.3, 0.4) is 0 Å². The third-order valence-corrected chi connectivity index (χ3v) is 3.58. The van der Waals surface area contributed by atoms with Gasteiger partial charge in [0.25, 0.3) is 6.43 Å². The van der Waals surface area contributed by atoms with E-state index in [1.165, 1.54) is 32.4 Å². The number of ether oxygens (including phenoxy) is 1. The molecule has 1 aromatic carbocycles. The molecule has 0 aliphatic carbocycles. The van der Waals surface area contributed by atoms with Crippen LogP contribution in [-0.4, -0.2) is 36.1 Å². The number of alkyl halides is 2. The molecule has 6 nitrogen and oxygen atoms in total. The van der Waals surface area contributed by atoms with Gasteiger partial charge in [-0.2, -0.15) is 0 Å². The number of hydrogen-bond donors (Lipinski definition) is 2. The van der Waals surface area contributed by atoms with E-state index in [1.54, 1.807) is 0 Å². The molecule has 1 aromatic heterocycles. The maximum absolute atomic E-state index is 13.0. The van der Waals surface area contributed by atoms with Gasteiger partial charge in [0.1, 0.15) is 11.4 Å². The van der Waals surface area contributed by atoms with E-state index in [2.05, 4.69) is 10.3 Å². The van der Waals surface area contributed by atoms with E-state index in [9.17, 15) is 23.5 Å². The lowest BCUT2D eigenvalue weighted by Crippen LogP contribution is -2.20. The fourth-order valence-electron chi connectivity index (χ4n) is 2.34. The zero-order chi connectivity index (χ0) is 18.6. The van der Waals surface area contributed by atoms with Gasteiger partial charge in [0.2, 0.25) is 5.91 Å². The lowest BCUT2D eigenvalue weighted by Gasteiger charge is -2.14. The monoisotopic (exact) mass is 350 g/mol. The summed E-state index contributed by atoms with van der Waals surface area (Å²) in [5.41, 5.74) is 0.296. The molecule has 0 aliphatic heterocycles. The Labute approximate surface area is 142 Å². The molecule has 0 saturated heterocycles. The molecule has 8 heteroatoms. The van der Waals surface area contributed by atoms with Crippen molar-refractivity contribution in [1.82, 2.24) is 10.3 Å². The van der Waals surface area contributed by atoms with Crippen molar-refractivity contribution in [2.45, 2.75) is 12.8 Å². The molecule has 0 spiro atoms. The summed E-state index contributed by atoms with van der Waals surface area (Å²) >= 11 is 0. The Hall–Kier alpha value is -3.03. The molecule has 0 atom stereocenters. The van der Waals surface area contributed by atoms with Crippen molar-refractivity contribution in [2.24, 2.45) is 0 Å². The molecule has 0 bridgehead atoms. The predicted octanol–water partition coefficient (Wildman–Crippen LogP) is 2.68. The van der Waals surface area contributed by atoms with E-state index in [-0.39, 0.29) is 34.8 Å². The summed E-state index contributed by atoms with van der Waals surface area (Å²) in [6.07, 6.45) is -1.67. The number of nitrogens with zero attached hydrogens (tertiary/aromatic N) is 1. The summed E-state index contributed by atoms with van der Waals surface area (Å²) in [5.74, 6) is -1.33. The fourth-order valence-corrected chi connectivity index (χ4v) is 2.34. The summed E-state index contributed by atoms with van der Waals surface area (Å²) in [6, 6.07) is 5.41. The number of halogens is 2. The van der Waals surface area contributed by atoms with Crippen molar-refractivity contribution < 1.29 is 28.2 Å². The second-order valence-electron chi connectivity index (χ2n) is 5.15. The van der Waals surface area contributed by atoms with Crippen LogP contribution in [0.2, 0.25) is 0 Å². The van der Waals surface area contributed by atoms with Crippen molar-refractivity contribution in [3.63, 3.8) is 0 Å². The first-order valence-electron chi connectivity index (χ1n) is 7.26. The van der Waals surface area contributed by atoms with Crippen LogP contribution in [0.4, 0.5) is 8.78 Å². The first-order valence-corrected chi connectivity index (χ1v) is 7.26. The molecule has 0 radical (unpaired) electrons. The minimum Gasteiger partial charge on any atom is -0.494 e. The summed E-state index contributed by atoms with van der Waals surface area (Å²) in [4.78, 5) is 26.7. The number of carbonyl (C=O) groups excluding carboxylic acids is 1. The largest absolute Gasteiger partial charge is 0.494 e. The Morgan fingerprint density at radius 3 is 2.56 bits per heavy atom. The number of aromatic carboxylic acids is 1. The Kier molecular flexibility index (Phi) is 5.63. The molecule has 1 heterocycles. The SMILES string of the molecule is CNC(=O)Cc1ccc(C(=O)O)c(-c2cc(C(F)F)ncc2OC)c1. The number of carbonyl (C=O) groups is 2. The van der Waals surface area contributed by atoms with Crippen LogP contribution < -0.4 is 10.1 Å². The molecule has 0 aliphatic rings. The number of rotatable bonds is 6. The maximum Gasteiger partial charge on any atom is 0.336 e. The normalized spacial score (nSPS) is 10.6. The molecule has 1 amide bonds. The van der Waals surface area contributed by atoms with Crippen molar-refractivity contribution in [3.8, 4) is 16.9 Å². The van der Waals surface area contributed by atoms with Gasteiger partial charge in [0.15, 0.2) is 0 Å². The van der Waals surface area contributed by atoms with Gasteiger partial charge in [-0.05, 0) is 23.8 Å². The third kappa shape index (κ3) is 4.09. The van der Waals surface area contributed by atoms with Gasteiger partial charge >= 0.3 is 5.97 Å². The van der Waals surface area contributed by atoms with Crippen LogP contribution in [0.25, 0.3) is 11.1 Å². The van der Waals surface area contributed by atoms with E-state index in [0.29, 0.717) is 5.56 Å². The van der Waals surface area contributed by atoms with Crippen molar-refractivity contribution >= 4 is 11.9 Å². The highest BCUT2D eigenvalue weighted by atomic mass is 19.3. The van der Waals surface area contributed by atoms with Gasteiger partial charge in [0, 0.05) is 18.2 Å². The van der Waals surface area contributed by atoms with E-state index < -0.39 is 18.1 Å². The number of benzene rings is 1. The van der Waals surface area contributed by atoms with Crippen LogP contribution in [0.15, 0.2) is 30.5 Å². The Morgan fingerprint density at radius 2 is 2.00 bits per heavy atom. The average Bonchev–Trinajstić information content (AvgIpc) is 2.60. The van der Waals surface area contributed by atoms with E-state index in [0.717, 1.165) is 12.3 Å². The van der Waals surface area contributed by atoms with Gasteiger partial charge in [0.05, 0.1) is 25.3 Å². The molecule has 0 fully saturated rings. The average molecular weight is 350 g/mol. The second kappa shape index (κ2) is 7.69. The summed E-state index contributed by atoms with van der Waals surface area (Å²) in [6.45, 7) is 0. The number of carboxylic acids is 1. The van der Waals surface area contributed by atoms with Crippen molar-refractivity contribution in [1.29, 1.82) is 0 Å². The van der Waals surface area contributed by atoms with Crippen LogP contribution in [0, 0.1) is 0 Å². The minimum atomic E-state index is -2.81. The topological polar surface area (TPSA) is 88.5 Å². The number of methoxy groups -OCH3 is 1. The first-order chi connectivity index (χ1) is 11.9. The summed E-state index contributed by atoms with van der Waals surface area (Å²) < 4.78 is 31.1. The second-order valence-corrected chi connectivity index (χ2v) is 5.15. The van der Waals surface area contributed by atoms with Gasteiger partial charge in [-0.15, -0.1) is 0 Å². The number of nitrogens with one attached hydrogen (secondary N) is 1. The number of amides is 1. The smallest absolute Gasteiger partial charge is 0.336 e. The number of pyridine rings is 1. The van der Waals surface area contributed by atoms with Crippen LogP contribution in [0.1, 0.15) is 28.0 Å². The fraction of sp³-hybridized carbons (Fsp3) is 0.235. The lowest BCUT2D eigenvalue weighted by molar-refractivity contribution is -0.119. The third-order valence-electron chi connectivity index (χ3n) is 3.58. The highest BCUT2D eigenvalue weighted by Gasteiger charge is 2.20. The first kappa shape index (κ1) is 18.3. The van der Waals surface area contributed by atoms with Crippen molar-refractivity contribution in [3.05, 3.63) is 47.3 Å². The van der Waals surface area contributed by atoms with Gasteiger partial charge < -0.3 is 15.2 Å². The van der Waals surface area contributed by atoms with Gasteiger partial charge in [-0.25, -0.2) is 13.6 Å². The minimum absolute atomic E-state index is 0.0263. The lowest BCUT2D eigenvalue weighted by atomic mass is 9.95. The molecule has 132 valence electrons. The highest BCUT2D eigenvalue weighted by Crippen LogP contribution is 2.35. The highest BCUT2D eigenvalue weighted by molar-refractivity contribution is 5.97. The molecular formula is C17H16F2N2O4.